The molecule has 1 atom stereocenters. The number of para-hydroxylation sites is 2. The van der Waals surface area contributed by atoms with Crippen molar-refractivity contribution >= 4 is 17.1 Å². The third-order valence-electron chi connectivity index (χ3n) is 6.57. The van der Waals surface area contributed by atoms with Crippen LogP contribution in [-0.4, -0.2) is 39.0 Å². The molecule has 3 aromatic carbocycles. The topological polar surface area (TPSA) is 63.8 Å². The van der Waals surface area contributed by atoms with E-state index in [4.69, 9.17) is 14.2 Å². The zero-order chi connectivity index (χ0) is 26.4. The molecule has 37 heavy (non-hydrogen) atoms. The Bertz CT molecular complexity index is 1170. The van der Waals surface area contributed by atoms with Gasteiger partial charge in [-0.25, -0.2) is 0 Å². The van der Waals surface area contributed by atoms with Gasteiger partial charge in [0.15, 0.2) is 0 Å². The molecule has 0 fully saturated rings. The van der Waals surface area contributed by atoms with Crippen molar-refractivity contribution in [3.63, 3.8) is 0 Å². The highest BCUT2D eigenvalue weighted by Crippen LogP contribution is 2.33. The van der Waals surface area contributed by atoms with Crippen molar-refractivity contribution < 1.29 is 14.2 Å². The molecule has 6 heteroatoms. The molecule has 0 saturated heterocycles. The molecule has 0 saturated carbocycles. The van der Waals surface area contributed by atoms with Gasteiger partial charge >= 0.3 is 0 Å². The molecule has 0 spiro atoms. The highest BCUT2D eigenvalue weighted by Gasteiger charge is 2.17. The molecule has 6 nitrogen and oxygen atoms in total. The zero-order valence-electron chi connectivity index (χ0n) is 23.0. The van der Waals surface area contributed by atoms with Crippen LogP contribution in [0.25, 0.3) is 0 Å². The van der Waals surface area contributed by atoms with Gasteiger partial charge in [0.25, 0.3) is 0 Å². The van der Waals surface area contributed by atoms with E-state index in [0.29, 0.717) is 6.04 Å². The van der Waals surface area contributed by atoms with Crippen LogP contribution in [0.2, 0.25) is 0 Å². The second-order valence-corrected chi connectivity index (χ2v) is 10.8. The minimum absolute atomic E-state index is 0.203. The molecule has 3 N–H and O–H groups in total. The van der Waals surface area contributed by atoms with Gasteiger partial charge in [0.2, 0.25) is 0 Å². The van der Waals surface area contributed by atoms with Crippen LogP contribution in [0.3, 0.4) is 0 Å². The summed E-state index contributed by atoms with van der Waals surface area (Å²) in [7, 11) is 0. The van der Waals surface area contributed by atoms with E-state index in [1.54, 1.807) is 0 Å². The lowest BCUT2D eigenvalue weighted by molar-refractivity contribution is 0.292. The first-order valence-corrected chi connectivity index (χ1v) is 13.2. The summed E-state index contributed by atoms with van der Waals surface area (Å²) in [6.07, 6.45) is 0. The lowest BCUT2D eigenvalue weighted by Crippen LogP contribution is -2.27. The first-order valence-electron chi connectivity index (χ1n) is 13.2. The smallest absolute Gasteiger partial charge is 0.142 e. The van der Waals surface area contributed by atoms with Crippen molar-refractivity contribution in [2.75, 3.05) is 48.9 Å². The lowest BCUT2D eigenvalue weighted by atomic mass is 9.86. The number of hydrogen-bond acceptors (Lipinski definition) is 6. The third-order valence-corrected chi connectivity index (χ3v) is 6.57. The summed E-state index contributed by atoms with van der Waals surface area (Å²) >= 11 is 0. The number of rotatable bonds is 0. The van der Waals surface area contributed by atoms with E-state index in [-0.39, 0.29) is 5.41 Å². The van der Waals surface area contributed by atoms with Gasteiger partial charge in [-0.05, 0) is 79.3 Å². The van der Waals surface area contributed by atoms with E-state index in [9.17, 15) is 0 Å². The highest BCUT2D eigenvalue weighted by molar-refractivity contribution is 5.61. The lowest BCUT2D eigenvalue weighted by Gasteiger charge is -2.24. The fourth-order valence-electron chi connectivity index (χ4n) is 4.23. The summed E-state index contributed by atoms with van der Waals surface area (Å²) in [5.41, 5.74) is 7.51. The highest BCUT2D eigenvalue weighted by atomic mass is 16.5. The Morgan fingerprint density at radius 3 is 2.05 bits per heavy atom. The number of hydrogen-bond donors (Lipinski definition) is 3. The van der Waals surface area contributed by atoms with E-state index in [2.05, 4.69) is 87.8 Å². The Hall–Kier alpha value is -3.54. The maximum absolute atomic E-state index is 5.53. The van der Waals surface area contributed by atoms with Gasteiger partial charge in [-0.3, -0.25) is 0 Å². The summed E-state index contributed by atoms with van der Waals surface area (Å²) in [5.74, 6) is 2.93. The van der Waals surface area contributed by atoms with Crippen molar-refractivity contribution in [2.24, 2.45) is 0 Å². The standard InChI is InChI=1S/C12H17NO.C10H13NO.C9H11NO/c1-12(2,3)9-4-5-11-10(8-9)13-6-7-14-11;1-7-5-9-10(6-8(7)2)12-4-3-11-9;1-7-6-11-9-5-3-2-4-8(9)10-7/h4-5,8,13H,6-7H2,1-3H3;5-6,11H,3-4H2,1-2H3;2-5,7,10H,6H2,1H3. The van der Waals surface area contributed by atoms with Crippen LogP contribution in [0, 0.1) is 13.8 Å². The zero-order valence-corrected chi connectivity index (χ0v) is 23.0. The van der Waals surface area contributed by atoms with E-state index < -0.39 is 0 Å². The molecular formula is C31H41N3O3. The molecule has 3 aliphatic heterocycles. The minimum atomic E-state index is 0.203. The largest absolute Gasteiger partial charge is 0.490 e. The molecule has 0 bridgehead atoms. The first-order chi connectivity index (χ1) is 17.7. The van der Waals surface area contributed by atoms with Crippen LogP contribution in [0.1, 0.15) is 44.4 Å². The molecule has 3 heterocycles. The number of aryl methyl sites for hydroxylation is 2. The number of anilines is 3. The fourth-order valence-corrected chi connectivity index (χ4v) is 4.23. The van der Waals surface area contributed by atoms with Gasteiger partial charge < -0.3 is 30.2 Å². The van der Waals surface area contributed by atoms with Crippen molar-refractivity contribution in [1.82, 2.24) is 0 Å². The number of ether oxygens (including phenoxy) is 3. The number of fused-ring (bicyclic) bond motifs is 3. The fraction of sp³-hybridized carbons (Fsp3) is 0.419. The molecule has 0 aliphatic carbocycles. The Morgan fingerprint density at radius 2 is 1.32 bits per heavy atom. The Morgan fingerprint density at radius 1 is 0.703 bits per heavy atom. The Kier molecular flexibility index (Phi) is 8.37. The van der Waals surface area contributed by atoms with E-state index >= 15 is 0 Å². The van der Waals surface area contributed by atoms with Crippen LogP contribution in [0.15, 0.2) is 54.6 Å². The molecule has 0 radical (unpaired) electrons. The van der Waals surface area contributed by atoms with Gasteiger partial charge in [0, 0.05) is 13.1 Å². The van der Waals surface area contributed by atoms with Crippen LogP contribution in [0.5, 0.6) is 17.2 Å². The third kappa shape index (κ3) is 7.03. The van der Waals surface area contributed by atoms with E-state index in [0.717, 1.165) is 67.2 Å². The van der Waals surface area contributed by atoms with Crippen LogP contribution in [0.4, 0.5) is 17.1 Å². The van der Waals surface area contributed by atoms with Crippen LogP contribution < -0.4 is 30.2 Å². The van der Waals surface area contributed by atoms with Crippen LogP contribution >= 0.6 is 0 Å². The van der Waals surface area contributed by atoms with E-state index in [1.165, 1.54) is 16.7 Å². The van der Waals surface area contributed by atoms with Gasteiger partial charge in [0.1, 0.15) is 37.1 Å². The molecule has 0 amide bonds. The maximum Gasteiger partial charge on any atom is 0.142 e. The van der Waals surface area contributed by atoms with Gasteiger partial charge in [-0.1, -0.05) is 39.0 Å². The number of nitrogens with one attached hydrogen (secondary N) is 3. The van der Waals surface area contributed by atoms with Gasteiger partial charge in [0.05, 0.1) is 23.1 Å². The monoisotopic (exact) mass is 503 g/mol. The summed E-state index contributed by atoms with van der Waals surface area (Å²) in [5, 5.41) is 9.99. The van der Waals surface area contributed by atoms with E-state index in [1.807, 2.05) is 24.3 Å². The molecule has 3 aliphatic rings. The van der Waals surface area contributed by atoms with Crippen molar-refractivity contribution in [1.29, 1.82) is 0 Å². The van der Waals surface area contributed by atoms with Gasteiger partial charge in [-0.15, -0.1) is 0 Å². The average molecular weight is 504 g/mol. The van der Waals surface area contributed by atoms with Gasteiger partial charge in [-0.2, -0.15) is 0 Å². The van der Waals surface area contributed by atoms with Crippen LogP contribution in [-0.2, 0) is 5.41 Å². The Balaban J connectivity index is 0.000000131. The quantitative estimate of drug-likeness (QED) is 0.314. The second-order valence-electron chi connectivity index (χ2n) is 10.8. The van der Waals surface area contributed by atoms with Crippen molar-refractivity contribution in [2.45, 2.75) is 53.0 Å². The summed E-state index contributed by atoms with van der Waals surface area (Å²) in [6.45, 7) is 17.1. The molecule has 198 valence electrons. The predicted molar refractivity (Wildman–Crippen MR) is 154 cm³/mol. The molecular weight excluding hydrogens is 462 g/mol. The molecule has 1 unspecified atom stereocenters. The van der Waals surface area contributed by atoms with Crippen molar-refractivity contribution in [3.8, 4) is 17.2 Å². The second kappa shape index (κ2) is 11.7. The summed E-state index contributed by atoms with van der Waals surface area (Å²) in [6, 6.07) is 19.1. The maximum atomic E-state index is 5.53. The number of benzene rings is 3. The average Bonchev–Trinajstić information content (AvgIpc) is 2.89. The Labute approximate surface area is 221 Å². The normalized spacial score (nSPS) is 16.9. The first kappa shape index (κ1) is 26.5. The van der Waals surface area contributed by atoms with Crippen molar-refractivity contribution in [3.05, 3.63) is 71.3 Å². The SMILES string of the molecule is CC(C)(C)c1ccc2c(c1)NCCO2.CC1COc2ccccc2N1.Cc1cc2c(cc1C)OCCN2. The summed E-state index contributed by atoms with van der Waals surface area (Å²) < 4.78 is 16.5. The predicted octanol–water partition coefficient (Wildman–Crippen LogP) is 6.78. The summed E-state index contributed by atoms with van der Waals surface area (Å²) in [4.78, 5) is 0. The molecule has 6 rings (SSSR count). The molecule has 3 aromatic rings. The minimum Gasteiger partial charge on any atom is -0.490 e. The molecule has 0 aromatic heterocycles.